The van der Waals surface area contributed by atoms with Crippen molar-refractivity contribution in [3.05, 3.63) is 35.8 Å². The summed E-state index contributed by atoms with van der Waals surface area (Å²) in [6.07, 6.45) is 1.03. The van der Waals surface area contributed by atoms with Gasteiger partial charge >= 0.3 is 6.18 Å². The number of hydrogen-bond donors (Lipinski definition) is 0. The first-order chi connectivity index (χ1) is 15.9. The van der Waals surface area contributed by atoms with E-state index in [4.69, 9.17) is 0 Å². The van der Waals surface area contributed by atoms with E-state index in [1.165, 1.54) is 6.20 Å². The lowest BCUT2D eigenvalue weighted by atomic mass is 9.91. The van der Waals surface area contributed by atoms with E-state index in [9.17, 15) is 21.6 Å². The van der Waals surface area contributed by atoms with Crippen LogP contribution in [0.5, 0.6) is 0 Å². The molecule has 2 aromatic heterocycles. The maximum absolute atomic E-state index is 13.2. The van der Waals surface area contributed by atoms with Crippen molar-refractivity contribution < 1.29 is 21.6 Å². The molecule has 184 valence electrons. The second kappa shape index (κ2) is 7.29. The summed E-state index contributed by atoms with van der Waals surface area (Å²) in [6.45, 7) is 5.97. The van der Waals surface area contributed by atoms with Crippen molar-refractivity contribution in [1.82, 2.24) is 19.7 Å². The van der Waals surface area contributed by atoms with Gasteiger partial charge in [0.25, 0.3) is 0 Å². The lowest BCUT2D eigenvalue weighted by molar-refractivity contribution is -0.137. The molecule has 2 aliphatic carbocycles. The van der Waals surface area contributed by atoms with Crippen molar-refractivity contribution in [3.63, 3.8) is 0 Å². The Labute approximate surface area is 197 Å². The zero-order chi connectivity index (χ0) is 24.0. The molecule has 2 aromatic rings. The van der Waals surface area contributed by atoms with Gasteiger partial charge in [0, 0.05) is 53.6 Å². The third-order valence-corrected chi connectivity index (χ3v) is 10.5. The molecule has 6 nitrogen and oxygen atoms in total. The number of halogens is 3. The normalized spacial score (nSPS) is 31.7. The first kappa shape index (κ1) is 22.5. The fourth-order valence-electron chi connectivity index (χ4n) is 6.90. The Morgan fingerprint density at radius 3 is 2.44 bits per heavy atom. The van der Waals surface area contributed by atoms with Crippen LogP contribution in [-0.4, -0.2) is 58.7 Å². The molecule has 4 atom stereocenters. The van der Waals surface area contributed by atoms with Crippen molar-refractivity contribution in [2.24, 2.45) is 17.3 Å². The molecule has 0 radical (unpaired) electrons. The molecule has 1 spiro atoms. The van der Waals surface area contributed by atoms with Gasteiger partial charge < -0.3 is 0 Å². The summed E-state index contributed by atoms with van der Waals surface area (Å²) >= 11 is 0. The quantitative estimate of drug-likeness (QED) is 0.639. The topological polar surface area (TPSA) is 68.1 Å². The van der Waals surface area contributed by atoms with Crippen molar-refractivity contribution >= 4 is 9.84 Å². The van der Waals surface area contributed by atoms with Crippen LogP contribution in [0.1, 0.15) is 56.3 Å². The fraction of sp³-hybridized carbons (Fsp3) is 0.667. The van der Waals surface area contributed by atoms with Gasteiger partial charge in [-0.3, -0.25) is 14.6 Å². The Morgan fingerprint density at radius 1 is 1.12 bits per heavy atom. The van der Waals surface area contributed by atoms with Crippen molar-refractivity contribution in [1.29, 1.82) is 0 Å². The highest BCUT2D eigenvalue weighted by Crippen LogP contribution is 2.64. The Morgan fingerprint density at radius 2 is 1.82 bits per heavy atom. The molecular formula is C24H29F3N4O2S. The molecule has 0 amide bonds. The van der Waals surface area contributed by atoms with Crippen LogP contribution in [0.3, 0.4) is 0 Å². The van der Waals surface area contributed by atoms with Crippen molar-refractivity contribution in [2.45, 2.75) is 57.3 Å². The molecule has 4 fully saturated rings. The molecule has 0 bridgehead atoms. The minimum atomic E-state index is -4.44. The predicted molar refractivity (Wildman–Crippen MR) is 121 cm³/mol. The largest absolute Gasteiger partial charge is 0.417 e. The number of pyridine rings is 1. The average molecular weight is 495 g/mol. The monoisotopic (exact) mass is 494 g/mol. The second-order valence-corrected chi connectivity index (χ2v) is 13.2. The van der Waals surface area contributed by atoms with Crippen LogP contribution in [0.15, 0.2) is 24.5 Å². The van der Waals surface area contributed by atoms with Crippen LogP contribution >= 0.6 is 0 Å². The summed E-state index contributed by atoms with van der Waals surface area (Å²) in [5.74, 6) is 2.21. The van der Waals surface area contributed by atoms with Crippen molar-refractivity contribution in [3.8, 4) is 11.3 Å². The molecule has 2 aliphatic heterocycles. The Hall–Kier alpha value is -1.94. The fourth-order valence-corrected chi connectivity index (χ4v) is 9.16. The number of nitrogens with zero attached hydrogens (tertiary/aromatic N) is 4. The average Bonchev–Trinajstić information content (AvgIpc) is 3.18. The lowest BCUT2D eigenvalue weighted by Crippen LogP contribution is -2.50. The van der Waals surface area contributed by atoms with E-state index in [-0.39, 0.29) is 11.5 Å². The van der Waals surface area contributed by atoms with Crippen LogP contribution in [-0.2, 0) is 16.0 Å². The highest BCUT2D eigenvalue weighted by atomic mass is 32.2. The molecule has 0 aromatic carbocycles. The molecule has 4 heterocycles. The summed E-state index contributed by atoms with van der Waals surface area (Å²) in [4.78, 5) is 6.31. The molecular weight excluding hydrogens is 465 g/mol. The maximum Gasteiger partial charge on any atom is 0.417 e. The first-order valence-electron chi connectivity index (χ1n) is 12.0. The van der Waals surface area contributed by atoms with Gasteiger partial charge in [-0.05, 0) is 63.6 Å². The SMILES string of the molecule is CC(C)n1nc(-c2cncc(C(F)(F)F)c2)cc1C1[C@H]2CC(N3CCC4(C3)CS(=O)(=O)C4)C[C@@H]12. The third-order valence-electron chi connectivity index (χ3n) is 8.41. The van der Waals surface area contributed by atoms with E-state index in [0.717, 1.165) is 50.3 Å². The predicted octanol–water partition coefficient (Wildman–Crippen LogP) is 4.16. The van der Waals surface area contributed by atoms with E-state index in [1.54, 1.807) is 0 Å². The van der Waals surface area contributed by atoms with Crippen molar-refractivity contribution in [2.75, 3.05) is 24.6 Å². The maximum atomic E-state index is 13.2. The van der Waals surface area contributed by atoms with Gasteiger partial charge in [-0.2, -0.15) is 18.3 Å². The van der Waals surface area contributed by atoms with Crippen LogP contribution in [0.2, 0.25) is 0 Å². The molecule has 4 aliphatic rings. The van der Waals surface area contributed by atoms with Crippen LogP contribution in [0.25, 0.3) is 11.3 Å². The van der Waals surface area contributed by atoms with Gasteiger partial charge in [0.2, 0.25) is 0 Å². The molecule has 0 N–H and O–H groups in total. The summed E-state index contributed by atoms with van der Waals surface area (Å²) in [5, 5.41) is 4.68. The summed E-state index contributed by atoms with van der Waals surface area (Å²) in [6, 6.07) is 3.70. The smallest absolute Gasteiger partial charge is 0.300 e. The van der Waals surface area contributed by atoms with Gasteiger partial charge in [-0.15, -0.1) is 0 Å². The van der Waals surface area contributed by atoms with E-state index in [2.05, 4.69) is 15.0 Å². The standard InChI is InChI=1S/C24H29F3N4O2S/c1-14(2)31-21(8-20(29-31)15-5-16(10-28-9-15)24(25,26)27)22-18-6-17(7-19(18)22)30-4-3-23(11-30)12-34(32,33)13-23/h5,8-10,14,17-19,22H,3-4,6-7,11-13H2,1-2H3/t17?,18-,19+,22?. The number of alkyl halides is 3. The van der Waals surface area contributed by atoms with Gasteiger partial charge in [0.15, 0.2) is 9.84 Å². The number of sulfone groups is 1. The molecule has 2 unspecified atom stereocenters. The molecule has 2 saturated carbocycles. The lowest BCUT2D eigenvalue weighted by Gasteiger charge is -2.38. The number of rotatable bonds is 4. The van der Waals surface area contributed by atoms with Crippen LogP contribution < -0.4 is 0 Å². The minimum Gasteiger partial charge on any atom is -0.300 e. The highest BCUT2D eigenvalue weighted by molar-refractivity contribution is 7.92. The van der Waals surface area contributed by atoms with Gasteiger partial charge in [0.05, 0.1) is 22.8 Å². The van der Waals surface area contributed by atoms with Crippen LogP contribution in [0.4, 0.5) is 13.2 Å². The summed E-state index contributed by atoms with van der Waals surface area (Å²) in [5.41, 5.74) is 1.27. The molecule has 6 rings (SSSR count). The zero-order valence-electron chi connectivity index (χ0n) is 19.3. The number of aromatic nitrogens is 3. The van der Waals surface area contributed by atoms with E-state index < -0.39 is 21.6 Å². The zero-order valence-corrected chi connectivity index (χ0v) is 20.1. The molecule has 34 heavy (non-hydrogen) atoms. The first-order valence-corrected chi connectivity index (χ1v) is 13.8. The molecule has 2 saturated heterocycles. The van der Waals surface area contributed by atoms with E-state index in [0.29, 0.717) is 46.6 Å². The Bertz CT molecular complexity index is 1220. The Kier molecular flexibility index (Phi) is 4.83. The Balaban J connectivity index is 1.17. The van der Waals surface area contributed by atoms with E-state index in [1.807, 2.05) is 24.6 Å². The van der Waals surface area contributed by atoms with Gasteiger partial charge in [0.1, 0.15) is 0 Å². The van der Waals surface area contributed by atoms with E-state index >= 15 is 0 Å². The second-order valence-electron chi connectivity index (χ2n) is 11.2. The highest BCUT2D eigenvalue weighted by Gasteiger charge is 2.60. The minimum absolute atomic E-state index is 0.00480. The van der Waals surface area contributed by atoms with Gasteiger partial charge in [-0.25, -0.2) is 8.42 Å². The summed E-state index contributed by atoms with van der Waals surface area (Å²) in [7, 11) is -2.81. The number of fused-ring (bicyclic) bond motifs is 1. The van der Waals surface area contributed by atoms with Crippen LogP contribution in [0, 0.1) is 17.3 Å². The third kappa shape index (κ3) is 3.68. The van der Waals surface area contributed by atoms with Gasteiger partial charge in [-0.1, -0.05) is 0 Å². The number of likely N-dealkylation sites (tertiary alicyclic amines) is 1. The number of hydrogen-bond acceptors (Lipinski definition) is 5. The summed E-state index contributed by atoms with van der Waals surface area (Å²) < 4.78 is 64.9. The molecule has 10 heteroatoms.